The molecule has 2 aromatic rings. The van der Waals surface area contributed by atoms with E-state index in [-0.39, 0.29) is 36.8 Å². The molecular weight excluding hydrogens is 364 g/mol. The van der Waals surface area contributed by atoms with Crippen LogP contribution >= 0.6 is 12.4 Å². The van der Waals surface area contributed by atoms with E-state index >= 15 is 0 Å². The van der Waals surface area contributed by atoms with Crippen molar-refractivity contribution in [2.75, 3.05) is 32.8 Å². The Bertz CT molecular complexity index is 687. The average Bonchev–Trinajstić information content (AvgIpc) is 2.61. The maximum atomic E-state index is 13.4. The molecule has 1 heterocycles. The van der Waals surface area contributed by atoms with Crippen molar-refractivity contribution in [3.63, 3.8) is 0 Å². The lowest BCUT2D eigenvalue weighted by Crippen LogP contribution is -2.43. The summed E-state index contributed by atoms with van der Waals surface area (Å²) in [5.74, 6) is -0.101. The molecule has 0 bridgehead atoms. The molecule has 7 heteroatoms. The molecule has 142 valence electrons. The summed E-state index contributed by atoms with van der Waals surface area (Å²) in [6.45, 7) is 2.34. The molecule has 26 heavy (non-hydrogen) atoms. The van der Waals surface area contributed by atoms with Crippen molar-refractivity contribution in [1.82, 2.24) is 4.90 Å². The lowest BCUT2D eigenvalue weighted by Gasteiger charge is -2.34. The SMILES string of the molecule is Cl.OC(COc1ccc(F)cc1)CN1CCOC(c2cccc(F)c2)C1. The number of benzene rings is 2. The van der Waals surface area contributed by atoms with Crippen molar-refractivity contribution in [3.8, 4) is 5.75 Å². The summed E-state index contributed by atoms with van der Waals surface area (Å²) in [4.78, 5) is 2.07. The molecule has 1 fully saturated rings. The number of morpholine rings is 1. The molecule has 1 saturated heterocycles. The van der Waals surface area contributed by atoms with Gasteiger partial charge in [-0.1, -0.05) is 12.1 Å². The lowest BCUT2D eigenvalue weighted by molar-refractivity contribution is -0.0460. The molecule has 0 amide bonds. The van der Waals surface area contributed by atoms with Crippen LogP contribution in [-0.4, -0.2) is 49.0 Å². The van der Waals surface area contributed by atoms with E-state index in [1.165, 1.54) is 36.4 Å². The van der Waals surface area contributed by atoms with Gasteiger partial charge in [0.2, 0.25) is 0 Å². The van der Waals surface area contributed by atoms with E-state index in [1.54, 1.807) is 6.07 Å². The fourth-order valence-corrected chi connectivity index (χ4v) is 2.85. The smallest absolute Gasteiger partial charge is 0.123 e. The van der Waals surface area contributed by atoms with Crippen molar-refractivity contribution in [3.05, 3.63) is 65.7 Å². The Morgan fingerprint density at radius 2 is 1.92 bits per heavy atom. The summed E-state index contributed by atoms with van der Waals surface area (Å²) in [5, 5.41) is 10.2. The van der Waals surface area contributed by atoms with E-state index in [0.29, 0.717) is 32.0 Å². The zero-order valence-electron chi connectivity index (χ0n) is 14.2. The van der Waals surface area contributed by atoms with Crippen LogP contribution in [0.5, 0.6) is 5.75 Å². The van der Waals surface area contributed by atoms with Gasteiger partial charge in [0.05, 0.1) is 12.7 Å². The monoisotopic (exact) mass is 385 g/mol. The molecule has 1 N–H and O–H groups in total. The Morgan fingerprint density at radius 1 is 1.15 bits per heavy atom. The largest absolute Gasteiger partial charge is 0.491 e. The van der Waals surface area contributed by atoms with Gasteiger partial charge in [-0.05, 0) is 42.0 Å². The van der Waals surface area contributed by atoms with E-state index in [0.717, 1.165) is 5.56 Å². The van der Waals surface area contributed by atoms with Gasteiger partial charge >= 0.3 is 0 Å². The second-order valence-corrected chi connectivity index (χ2v) is 6.09. The van der Waals surface area contributed by atoms with Crippen LogP contribution < -0.4 is 4.74 Å². The molecule has 1 aliphatic heterocycles. The number of hydrogen-bond donors (Lipinski definition) is 1. The van der Waals surface area contributed by atoms with Crippen molar-refractivity contribution >= 4 is 12.4 Å². The summed E-state index contributed by atoms with van der Waals surface area (Å²) in [5.41, 5.74) is 0.793. The molecule has 0 radical (unpaired) electrons. The first kappa shape index (κ1) is 20.6. The third-order valence-corrected chi connectivity index (χ3v) is 4.10. The van der Waals surface area contributed by atoms with Crippen LogP contribution in [0.25, 0.3) is 0 Å². The van der Waals surface area contributed by atoms with Crippen molar-refractivity contribution < 1.29 is 23.4 Å². The van der Waals surface area contributed by atoms with Crippen LogP contribution in [0.1, 0.15) is 11.7 Å². The highest BCUT2D eigenvalue weighted by atomic mass is 35.5. The summed E-state index contributed by atoms with van der Waals surface area (Å²) < 4.78 is 37.4. The van der Waals surface area contributed by atoms with Crippen molar-refractivity contribution in [2.24, 2.45) is 0 Å². The Labute approximate surface area is 157 Å². The number of rotatable bonds is 6. The predicted molar refractivity (Wildman–Crippen MR) is 96.7 cm³/mol. The number of aliphatic hydroxyl groups is 1. The van der Waals surface area contributed by atoms with Crippen LogP contribution in [-0.2, 0) is 4.74 Å². The summed E-state index contributed by atoms with van der Waals surface area (Å²) >= 11 is 0. The maximum absolute atomic E-state index is 13.4. The highest BCUT2D eigenvalue weighted by Gasteiger charge is 2.24. The minimum absolute atomic E-state index is 0. The van der Waals surface area contributed by atoms with E-state index in [4.69, 9.17) is 9.47 Å². The molecule has 2 aromatic carbocycles. The van der Waals surface area contributed by atoms with Crippen molar-refractivity contribution in [1.29, 1.82) is 0 Å². The van der Waals surface area contributed by atoms with Gasteiger partial charge in [0.1, 0.15) is 30.1 Å². The van der Waals surface area contributed by atoms with Crippen LogP contribution in [0, 0.1) is 11.6 Å². The topological polar surface area (TPSA) is 41.9 Å². The quantitative estimate of drug-likeness (QED) is 0.829. The van der Waals surface area contributed by atoms with Gasteiger partial charge in [-0.3, -0.25) is 4.90 Å². The average molecular weight is 386 g/mol. The van der Waals surface area contributed by atoms with E-state index in [2.05, 4.69) is 4.90 Å². The molecule has 0 aromatic heterocycles. The van der Waals surface area contributed by atoms with Gasteiger partial charge in [0, 0.05) is 19.6 Å². The number of aliphatic hydroxyl groups excluding tert-OH is 1. The zero-order valence-corrected chi connectivity index (χ0v) is 15.0. The Balaban J connectivity index is 0.00000243. The molecular formula is C19H22ClF2NO3. The fraction of sp³-hybridized carbons (Fsp3) is 0.368. The van der Waals surface area contributed by atoms with E-state index in [1.807, 2.05) is 6.07 Å². The first-order chi connectivity index (χ1) is 12.1. The predicted octanol–water partition coefficient (Wildman–Crippen LogP) is 3.20. The van der Waals surface area contributed by atoms with Crippen LogP contribution in [0.15, 0.2) is 48.5 Å². The highest BCUT2D eigenvalue weighted by molar-refractivity contribution is 5.85. The Morgan fingerprint density at radius 3 is 2.65 bits per heavy atom. The van der Waals surface area contributed by atoms with Crippen LogP contribution in [0.4, 0.5) is 8.78 Å². The molecule has 2 atom stereocenters. The number of ether oxygens (including phenoxy) is 2. The first-order valence-corrected chi connectivity index (χ1v) is 8.26. The minimum atomic E-state index is -0.684. The molecule has 2 unspecified atom stereocenters. The third kappa shape index (κ3) is 5.92. The van der Waals surface area contributed by atoms with Gasteiger partial charge in [0.25, 0.3) is 0 Å². The van der Waals surface area contributed by atoms with Crippen LogP contribution in [0.2, 0.25) is 0 Å². The second kappa shape index (κ2) is 9.83. The zero-order chi connectivity index (χ0) is 17.6. The van der Waals surface area contributed by atoms with Gasteiger partial charge in [-0.15, -0.1) is 12.4 Å². The molecule has 4 nitrogen and oxygen atoms in total. The fourth-order valence-electron chi connectivity index (χ4n) is 2.85. The highest BCUT2D eigenvalue weighted by Crippen LogP contribution is 2.23. The van der Waals surface area contributed by atoms with Gasteiger partial charge in [-0.2, -0.15) is 0 Å². The van der Waals surface area contributed by atoms with Crippen LogP contribution in [0.3, 0.4) is 0 Å². The minimum Gasteiger partial charge on any atom is -0.491 e. The molecule has 0 spiro atoms. The number of β-amino-alcohol motifs (C(OH)–C–C–N with tert-alkyl or cyclic N) is 1. The van der Waals surface area contributed by atoms with E-state index < -0.39 is 6.10 Å². The van der Waals surface area contributed by atoms with Crippen molar-refractivity contribution in [2.45, 2.75) is 12.2 Å². The normalized spacial score (nSPS) is 18.8. The number of hydrogen-bond acceptors (Lipinski definition) is 4. The van der Waals surface area contributed by atoms with Gasteiger partial charge < -0.3 is 14.6 Å². The summed E-state index contributed by atoms with van der Waals surface area (Å²) in [6, 6.07) is 12.1. The first-order valence-electron chi connectivity index (χ1n) is 8.26. The number of halogens is 3. The number of nitrogens with zero attached hydrogens (tertiary/aromatic N) is 1. The Hall–Kier alpha value is -1.73. The maximum Gasteiger partial charge on any atom is 0.123 e. The molecule has 1 aliphatic rings. The standard InChI is InChI=1S/C19H21F2NO3.ClH/c20-15-4-6-18(7-5-15)25-13-17(23)11-22-8-9-24-19(12-22)14-2-1-3-16(21)10-14;/h1-7,10,17,19,23H,8-9,11-13H2;1H. The molecule has 0 saturated carbocycles. The summed E-state index contributed by atoms with van der Waals surface area (Å²) in [6.07, 6.45) is -0.897. The third-order valence-electron chi connectivity index (χ3n) is 4.10. The Kier molecular flexibility index (Phi) is 7.78. The lowest BCUT2D eigenvalue weighted by atomic mass is 10.1. The molecule has 0 aliphatic carbocycles. The van der Waals surface area contributed by atoms with E-state index in [9.17, 15) is 13.9 Å². The van der Waals surface area contributed by atoms with Gasteiger partial charge in [-0.25, -0.2) is 8.78 Å². The second-order valence-electron chi connectivity index (χ2n) is 6.09. The summed E-state index contributed by atoms with van der Waals surface area (Å²) in [7, 11) is 0. The molecule has 3 rings (SSSR count). The van der Waals surface area contributed by atoms with Gasteiger partial charge in [0.15, 0.2) is 0 Å².